The number of benzene rings is 3. The van der Waals surface area contributed by atoms with Gasteiger partial charge in [-0.25, -0.2) is 0 Å². The van der Waals surface area contributed by atoms with Crippen LogP contribution < -0.4 is 17.0 Å². The molecular formula is C33H37BrN2O. The third-order valence-electron chi connectivity index (χ3n) is 10.0. The van der Waals surface area contributed by atoms with Crippen LogP contribution in [0, 0.1) is 22.7 Å². The zero-order chi connectivity index (χ0) is 24.6. The van der Waals surface area contributed by atoms with Gasteiger partial charge in [-0.15, -0.1) is 0 Å². The Bertz CT molecular complexity index is 1190. The summed E-state index contributed by atoms with van der Waals surface area (Å²) in [6, 6.07) is 35.8. The number of quaternary nitrogens is 1. The average molecular weight is 558 g/mol. The van der Waals surface area contributed by atoms with E-state index in [-0.39, 0.29) is 17.0 Å². The van der Waals surface area contributed by atoms with Gasteiger partial charge >= 0.3 is 0 Å². The van der Waals surface area contributed by atoms with E-state index in [0.29, 0.717) is 24.0 Å². The van der Waals surface area contributed by atoms with E-state index in [1.807, 2.05) is 12.1 Å². The highest BCUT2D eigenvalue weighted by Crippen LogP contribution is 2.70. The molecule has 3 aromatic rings. The second-order valence-electron chi connectivity index (χ2n) is 11.7. The molecule has 37 heavy (non-hydrogen) atoms. The Kier molecular flexibility index (Phi) is 7.33. The zero-order valence-electron chi connectivity index (χ0n) is 21.7. The van der Waals surface area contributed by atoms with Crippen molar-refractivity contribution in [2.45, 2.75) is 56.2 Å². The maximum Gasteiger partial charge on any atom is 0.107 e. The summed E-state index contributed by atoms with van der Waals surface area (Å²) in [6.07, 6.45) is 6.14. The molecule has 4 heteroatoms. The fraction of sp³-hybridized carbons (Fsp3) is 0.424. The standard InChI is InChI=1S/C33H37N2O.BrH/c1-35(19-20-36-24-26-11-5-2-6-12-26)30-17-18-32(30)22-27(21-31(32)35)23-33(25-34,28-13-7-3-8-14-28)29-15-9-4-10-16-29;/h2-16,27,30-31H,17-24H2,1H3;1H/q+1;/p-1/t27?,30-,31-,32?,35?;/m0./s1. The minimum absolute atomic E-state index is 0. The lowest BCUT2D eigenvalue weighted by molar-refractivity contribution is -1.03. The van der Waals surface area contributed by atoms with Crippen molar-refractivity contribution in [2.75, 3.05) is 20.2 Å². The summed E-state index contributed by atoms with van der Waals surface area (Å²) in [7, 11) is 2.48. The van der Waals surface area contributed by atoms with Crippen LogP contribution in [0.15, 0.2) is 91.0 Å². The van der Waals surface area contributed by atoms with Gasteiger partial charge in [0, 0.05) is 12.8 Å². The summed E-state index contributed by atoms with van der Waals surface area (Å²) in [4.78, 5) is 0. The number of hydrogen-bond donors (Lipinski definition) is 0. The van der Waals surface area contributed by atoms with Gasteiger partial charge in [0.15, 0.2) is 0 Å². The number of nitrogens with zero attached hydrogens (tertiary/aromatic N) is 2. The van der Waals surface area contributed by atoms with Crippen LogP contribution >= 0.6 is 0 Å². The van der Waals surface area contributed by atoms with Crippen molar-refractivity contribution in [2.24, 2.45) is 11.3 Å². The number of piperidine rings is 1. The Labute approximate surface area is 232 Å². The second kappa shape index (κ2) is 10.4. The molecule has 1 saturated heterocycles. The van der Waals surface area contributed by atoms with Crippen molar-refractivity contribution in [1.29, 1.82) is 5.26 Å². The maximum atomic E-state index is 10.7. The van der Waals surface area contributed by atoms with Crippen LogP contribution in [0.1, 0.15) is 48.8 Å². The van der Waals surface area contributed by atoms with Gasteiger partial charge in [0.05, 0.1) is 31.7 Å². The highest BCUT2D eigenvalue weighted by Gasteiger charge is 2.77. The highest BCUT2D eigenvalue weighted by molar-refractivity contribution is 5.46. The van der Waals surface area contributed by atoms with Gasteiger partial charge in [0.25, 0.3) is 0 Å². The van der Waals surface area contributed by atoms with E-state index in [1.54, 1.807) is 0 Å². The number of ether oxygens (including phenoxy) is 1. The van der Waals surface area contributed by atoms with E-state index < -0.39 is 5.41 Å². The van der Waals surface area contributed by atoms with Gasteiger partial charge in [0.2, 0.25) is 0 Å². The smallest absolute Gasteiger partial charge is 0.107 e. The molecule has 1 aliphatic heterocycles. The van der Waals surface area contributed by atoms with Crippen molar-refractivity contribution >= 4 is 0 Å². The van der Waals surface area contributed by atoms with Gasteiger partial charge in [-0.1, -0.05) is 91.0 Å². The van der Waals surface area contributed by atoms with Gasteiger partial charge in [0.1, 0.15) is 24.0 Å². The largest absolute Gasteiger partial charge is 1.00 e. The first kappa shape index (κ1) is 26.2. The second-order valence-corrected chi connectivity index (χ2v) is 11.7. The van der Waals surface area contributed by atoms with E-state index in [0.717, 1.165) is 36.7 Å². The number of hydrogen-bond acceptors (Lipinski definition) is 2. The molecule has 0 bridgehead atoms. The van der Waals surface area contributed by atoms with Crippen molar-refractivity contribution in [3.63, 3.8) is 0 Å². The maximum absolute atomic E-state index is 10.7. The fourth-order valence-corrected chi connectivity index (χ4v) is 8.37. The fourth-order valence-electron chi connectivity index (χ4n) is 8.37. The number of nitriles is 1. The van der Waals surface area contributed by atoms with Crippen LogP contribution in [-0.2, 0) is 16.8 Å². The third-order valence-corrected chi connectivity index (χ3v) is 10.0. The summed E-state index contributed by atoms with van der Waals surface area (Å²) in [5, 5.41) is 10.7. The number of halogens is 1. The molecule has 192 valence electrons. The van der Waals surface area contributed by atoms with Gasteiger partial charge in [-0.3, -0.25) is 0 Å². The molecule has 1 spiro atoms. The van der Waals surface area contributed by atoms with E-state index >= 15 is 0 Å². The first-order chi connectivity index (χ1) is 17.6. The minimum atomic E-state index is -0.588. The van der Waals surface area contributed by atoms with Gasteiger partial charge in [-0.2, -0.15) is 5.26 Å². The minimum Gasteiger partial charge on any atom is -1.00 e. The van der Waals surface area contributed by atoms with Crippen molar-refractivity contribution in [3.8, 4) is 6.07 Å². The zero-order valence-corrected chi connectivity index (χ0v) is 23.3. The molecule has 0 N–H and O–H groups in total. The summed E-state index contributed by atoms with van der Waals surface area (Å²) >= 11 is 0. The highest BCUT2D eigenvalue weighted by atomic mass is 79.9. The third kappa shape index (κ3) is 4.26. The van der Waals surface area contributed by atoms with Gasteiger partial charge < -0.3 is 26.2 Å². The Balaban J connectivity index is 0.00000280. The monoisotopic (exact) mass is 556 g/mol. The Morgan fingerprint density at radius 1 is 0.919 bits per heavy atom. The Hall–Kier alpha value is -2.45. The molecule has 0 amide bonds. The molecule has 3 fully saturated rings. The molecule has 6 rings (SSSR count). The van der Waals surface area contributed by atoms with Crippen molar-refractivity contribution in [3.05, 3.63) is 108 Å². The SMILES string of the molecule is C[N+]1(CCOCc2ccccc2)[C@H]2CCC23CC(CC(C#N)(c2ccccc2)c2ccccc2)C[C@@H]31.[Br-]. The molecule has 3 unspecified atom stereocenters. The van der Waals surface area contributed by atoms with Crippen LogP contribution in [0.25, 0.3) is 0 Å². The lowest BCUT2D eigenvalue weighted by Crippen LogP contribution is -3.00. The Morgan fingerprint density at radius 2 is 1.51 bits per heavy atom. The summed E-state index contributed by atoms with van der Waals surface area (Å²) in [5.74, 6) is 0.572. The van der Waals surface area contributed by atoms with Crippen molar-refractivity contribution in [1.82, 2.24) is 0 Å². The average Bonchev–Trinajstić information content (AvgIpc) is 3.31. The lowest BCUT2D eigenvalue weighted by Gasteiger charge is -2.71. The topological polar surface area (TPSA) is 33.0 Å². The molecule has 5 atom stereocenters. The summed E-state index contributed by atoms with van der Waals surface area (Å²) < 4.78 is 7.30. The number of likely N-dealkylation sites (N-methyl/N-ethyl adjacent to an activating group) is 1. The van der Waals surface area contributed by atoms with Crippen LogP contribution in [0.5, 0.6) is 0 Å². The lowest BCUT2D eigenvalue weighted by atomic mass is 9.51. The number of likely N-dealkylation sites (tertiary alicyclic amines) is 1. The molecule has 3 aliphatic rings. The van der Waals surface area contributed by atoms with E-state index in [1.165, 1.54) is 35.7 Å². The van der Waals surface area contributed by atoms with E-state index in [2.05, 4.69) is 92.0 Å². The molecule has 3 nitrogen and oxygen atoms in total. The molecule has 3 aromatic carbocycles. The van der Waals surface area contributed by atoms with E-state index in [9.17, 15) is 5.26 Å². The Morgan fingerprint density at radius 3 is 2.05 bits per heavy atom. The van der Waals surface area contributed by atoms with Crippen LogP contribution in [0.4, 0.5) is 0 Å². The molecule has 2 saturated carbocycles. The van der Waals surface area contributed by atoms with Crippen LogP contribution in [0.3, 0.4) is 0 Å². The normalized spacial score (nSPS) is 29.6. The van der Waals surface area contributed by atoms with E-state index in [4.69, 9.17) is 4.74 Å². The molecular weight excluding hydrogens is 520 g/mol. The van der Waals surface area contributed by atoms with Gasteiger partial charge in [-0.05, 0) is 41.9 Å². The summed E-state index contributed by atoms with van der Waals surface area (Å²) in [6.45, 7) is 2.61. The predicted molar refractivity (Wildman–Crippen MR) is 143 cm³/mol. The molecule has 0 radical (unpaired) electrons. The quantitative estimate of drug-likeness (QED) is 0.298. The van der Waals surface area contributed by atoms with Crippen LogP contribution in [0.2, 0.25) is 0 Å². The molecule has 0 aromatic heterocycles. The predicted octanol–water partition coefficient (Wildman–Crippen LogP) is 3.49. The first-order valence-electron chi connectivity index (χ1n) is 13.6. The first-order valence-corrected chi connectivity index (χ1v) is 13.6. The molecule has 1 heterocycles. The number of rotatable bonds is 9. The van der Waals surface area contributed by atoms with Crippen LogP contribution in [-0.4, -0.2) is 36.8 Å². The van der Waals surface area contributed by atoms with Crippen molar-refractivity contribution < 1.29 is 26.2 Å². The molecule has 2 aliphatic carbocycles. The summed E-state index contributed by atoms with van der Waals surface area (Å²) in [5.41, 5.74) is 3.43.